The number of nitrogens with one attached hydrogen (secondary N) is 1. The minimum Gasteiger partial charge on any atom is -0.493 e. The Bertz CT molecular complexity index is 1410. The first-order valence-corrected chi connectivity index (χ1v) is 12.4. The summed E-state index contributed by atoms with van der Waals surface area (Å²) in [6.45, 7) is 4.07. The van der Waals surface area contributed by atoms with Crippen LogP contribution in [0.1, 0.15) is 24.2 Å². The average molecular weight is 505 g/mol. The van der Waals surface area contributed by atoms with E-state index in [1.54, 1.807) is 27.2 Å². The number of carbonyl (C=O) groups is 1. The van der Waals surface area contributed by atoms with Crippen LogP contribution in [-0.4, -0.2) is 41.4 Å². The zero-order chi connectivity index (χ0) is 25.7. The fourth-order valence-electron chi connectivity index (χ4n) is 3.68. The molecule has 1 atom stereocenters. The van der Waals surface area contributed by atoms with Crippen LogP contribution in [-0.2, 0) is 11.2 Å². The Kier molecular flexibility index (Phi) is 7.80. The number of methoxy groups -OCH3 is 2. The molecule has 0 aliphatic carbocycles. The number of nitrogens with zero attached hydrogens (tertiary/aromatic N) is 3. The van der Waals surface area contributed by atoms with Crippen molar-refractivity contribution >= 4 is 17.2 Å². The summed E-state index contributed by atoms with van der Waals surface area (Å²) < 4.78 is 11.9. The van der Waals surface area contributed by atoms with E-state index in [-0.39, 0.29) is 11.5 Å². The van der Waals surface area contributed by atoms with E-state index < -0.39 is 6.04 Å². The normalized spacial score (nSPS) is 11.7. The van der Waals surface area contributed by atoms with Gasteiger partial charge in [-0.1, -0.05) is 29.8 Å². The summed E-state index contributed by atoms with van der Waals surface area (Å²) in [5.74, 6) is 1.03. The van der Waals surface area contributed by atoms with Gasteiger partial charge in [-0.2, -0.15) is 5.10 Å². The van der Waals surface area contributed by atoms with Gasteiger partial charge < -0.3 is 14.8 Å². The molecule has 0 radical (unpaired) electrons. The minimum absolute atomic E-state index is 0.277. The van der Waals surface area contributed by atoms with Gasteiger partial charge in [0.2, 0.25) is 5.91 Å². The largest absolute Gasteiger partial charge is 0.493 e. The third-order valence-electron chi connectivity index (χ3n) is 5.78. The molecule has 0 bridgehead atoms. The van der Waals surface area contributed by atoms with E-state index in [4.69, 9.17) is 9.47 Å². The second kappa shape index (κ2) is 11.2. The van der Waals surface area contributed by atoms with E-state index in [0.717, 1.165) is 27.4 Å². The lowest BCUT2D eigenvalue weighted by molar-refractivity contribution is -0.124. The molecule has 8 nitrogen and oxygen atoms in total. The molecule has 2 aromatic heterocycles. The van der Waals surface area contributed by atoms with E-state index >= 15 is 0 Å². The maximum absolute atomic E-state index is 12.8. The number of rotatable bonds is 9. The third-order valence-corrected chi connectivity index (χ3v) is 6.72. The highest BCUT2D eigenvalue weighted by Crippen LogP contribution is 2.33. The van der Waals surface area contributed by atoms with Crippen molar-refractivity contribution in [3.8, 4) is 33.3 Å². The Balaban J connectivity index is 1.38. The number of aromatic nitrogens is 3. The van der Waals surface area contributed by atoms with Crippen molar-refractivity contribution in [1.82, 2.24) is 20.1 Å². The van der Waals surface area contributed by atoms with Crippen molar-refractivity contribution < 1.29 is 14.3 Å². The van der Waals surface area contributed by atoms with Gasteiger partial charge >= 0.3 is 0 Å². The number of thiazole rings is 1. The van der Waals surface area contributed by atoms with Crippen LogP contribution in [0.4, 0.5) is 0 Å². The van der Waals surface area contributed by atoms with E-state index in [2.05, 4.69) is 15.4 Å². The van der Waals surface area contributed by atoms with Crippen LogP contribution in [0.2, 0.25) is 0 Å². The van der Waals surface area contributed by atoms with Crippen LogP contribution >= 0.6 is 11.3 Å². The van der Waals surface area contributed by atoms with Gasteiger partial charge in [0.05, 0.1) is 25.6 Å². The Morgan fingerprint density at radius 2 is 1.75 bits per heavy atom. The predicted octanol–water partition coefficient (Wildman–Crippen LogP) is 4.28. The van der Waals surface area contributed by atoms with E-state index in [1.807, 2.05) is 54.8 Å². The standard InChI is InChI=1S/C27H28N4O4S/c1-17-5-7-19(8-6-17)22-10-12-25(32)31(30-22)18(2)26(33)28-14-13-21-16-36-27(29-21)20-9-11-23(34-3)24(15-20)35-4/h5-12,15-16,18H,13-14H2,1-4H3,(H,28,33). The molecule has 36 heavy (non-hydrogen) atoms. The SMILES string of the molecule is COc1ccc(-c2nc(CCNC(=O)C(C)n3nc(-c4ccc(C)cc4)ccc3=O)cs2)cc1OC. The van der Waals surface area contributed by atoms with E-state index in [1.165, 1.54) is 22.1 Å². The van der Waals surface area contributed by atoms with Crippen LogP contribution in [0.25, 0.3) is 21.8 Å². The first-order chi connectivity index (χ1) is 17.4. The summed E-state index contributed by atoms with van der Waals surface area (Å²) in [7, 11) is 3.20. The van der Waals surface area contributed by atoms with Gasteiger partial charge in [0.25, 0.3) is 5.56 Å². The molecule has 1 unspecified atom stereocenters. The van der Waals surface area contributed by atoms with Crippen LogP contribution < -0.4 is 20.3 Å². The highest BCUT2D eigenvalue weighted by Gasteiger charge is 2.18. The van der Waals surface area contributed by atoms with Crippen molar-refractivity contribution in [1.29, 1.82) is 0 Å². The molecule has 2 aromatic carbocycles. The van der Waals surface area contributed by atoms with Gasteiger partial charge in [-0.3, -0.25) is 9.59 Å². The van der Waals surface area contributed by atoms with Gasteiger partial charge in [0.15, 0.2) is 11.5 Å². The quantitative estimate of drug-likeness (QED) is 0.366. The summed E-state index contributed by atoms with van der Waals surface area (Å²) in [6, 6.07) is 15.9. The monoisotopic (exact) mass is 504 g/mol. The molecule has 0 aliphatic rings. The van der Waals surface area contributed by atoms with Gasteiger partial charge in [-0.05, 0) is 38.1 Å². The molecule has 0 saturated carbocycles. The fourth-order valence-corrected chi connectivity index (χ4v) is 4.53. The molecule has 186 valence electrons. The summed E-state index contributed by atoms with van der Waals surface area (Å²) >= 11 is 1.52. The third kappa shape index (κ3) is 5.63. The van der Waals surface area contributed by atoms with Gasteiger partial charge in [0.1, 0.15) is 11.0 Å². The Hall–Kier alpha value is -3.98. The van der Waals surface area contributed by atoms with E-state index in [0.29, 0.717) is 30.2 Å². The highest BCUT2D eigenvalue weighted by molar-refractivity contribution is 7.13. The zero-order valence-electron chi connectivity index (χ0n) is 20.6. The summed E-state index contributed by atoms with van der Waals surface area (Å²) in [5.41, 5.74) is 4.13. The highest BCUT2D eigenvalue weighted by atomic mass is 32.1. The lowest BCUT2D eigenvalue weighted by Gasteiger charge is -2.15. The molecular formula is C27H28N4O4S. The average Bonchev–Trinajstić information content (AvgIpc) is 3.37. The first kappa shape index (κ1) is 25.1. The number of hydrogen-bond acceptors (Lipinski definition) is 7. The first-order valence-electron chi connectivity index (χ1n) is 11.5. The molecule has 0 saturated heterocycles. The number of carbonyl (C=O) groups excluding carboxylic acids is 1. The molecule has 0 aliphatic heterocycles. The number of hydrogen-bond donors (Lipinski definition) is 1. The lowest BCUT2D eigenvalue weighted by atomic mass is 10.1. The maximum atomic E-state index is 12.8. The van der Waals surface area contributed by atoms with Crippen molar-refractivity contribution in [3.63, 3.8) is 0 Å². The number of aryl methyl sites for hydroxylation is 1. The summed E-state index contributed by atoms with van der Waals surface area (Å²) in [4.78, 5) is 29.9. The molecule has 9 heteroatoms. The topological polar surface area (TPSA) is 95.3 Å². The molecule has 0 spiro atoms. The number of amides is 1. The Labute approximate surface area is 213 Å². The zero-order valence-corrected chi connectivity index (χ0v) is 21.5. The van der Waals surface area contributed by atoms with E-state index in [9.17, 15) is 9.59 Å². The molecule has 0 fully saturated rings. The Morgan fingerprint density at radius 3 is 2.47 bits per heavy atom. The van der Waals surface area contributed by atoms with Crippen molar-refractivity contribution in [2.75, 3.05) is 20.8 Å². The van der Waals surface area contributed by atoms with Gasteiger partial charge in [-0.25, -0.2) is 9.67 Å². The van der Waals surface area contributed by atoms with Crippen LogP contribution in [0.3, 0.4) is 0 Å². The molecule has 1 amide bonds. The van der Waals surface area contributed by atoms with Crippen LogP contribution in [0.15, 0.2) is 64.8 Å². The van der Waals surface area contributed by atoms with Gasteiger partial charge in [-0.15, -0.1) is 11.3 Å². The summed E-state index contributed by atoms with van der Waals surface area (Å²) in [5, 5.41) is 10.2. The molecule has 4 aromatic rings. The number of ether oxygens (including phenoxy) is 2. The second-order valence-corrected chi connectivity index (χ2v) is 9.16. The van der Waals surface area contributed by atoms with Crippen LogP contribution in [0, 0.1) is 6.92 Å². The fraction of sp³-hybridized carbons (Fsp3) is 0.259. The van der Waals surface area contributed by atoms with Gasteiger partial charge in [0, 0.05) is 35.5 Å². The molecule has 2 heterocycles. The molecule has 4 rings (SSSR count). The summed E-state index contributed by atoms with van der Waals surface area (Å²) in [6.07, 6.45) is 0.563. The Morgan fingerprint density at radius 1 is 1.03 bits per heavy atom. The van der Waals surface area contributed by atoms with Crippen molar-refractivity contribution in [2.45, 2.75) is 26.3 Å². The smallest absolute Gasteiger partial charge is 0.267 e. The maximum Gasteiger partial charge on any atom is 0.267 e. The predicted molar refractivity (Wildman–Crippen MR) is 141 cm³/mol. The molecular weight excluding hydrogens is 476 g/mol. The lowest BCUT2D eigenvalue weighted by Crippen LogP contribution is -2.37. The number of benzene rings is 2. The van der Waals surface area contributed by atoms with Crippen molar-refractivity contribution in [2.24, 2.45) is 0 Å². The van der Waals surface area contributed by atoms with Crippen LogP contribution in [0.5, 0.6) is 11.5 Å². The minimum atomic E-state index is -0.749. The molecule has 1 N–H and O–H groups in total. The second-order valence-electron chi connectivity index (χ2n) is 8.30. The van der Waals surface area contributed by atoms with Crippen molar-refractivity contribution in [3.05, 3.63) is 81.6 Å².